The van der Waals surface area contributed by atoms with Crippen molar-refractivity contribution in [1.82, 2.24) is 14.9 Å². The number of amides is 1. The minimum Gasteiger partial charge on any atom is -0.458 e. The summed E-state index contributed by atoms with van der Waals surface area (Å²) in [4.78, 5) is 28.9. The number of esters is 1. The van der Waals surface area contributed by atoms with Gasteiger partial charge in [0.05, 0.1) is 24.4 Å². The third kappa shape index (κ3) is 3.11. The van der Waals surface area contributed by atoms with Gasteiger partial charge in [-0.25, -0.2) is 4.98 Å². The SMILES string of the molecule is O=C1CC(C(=O)NCc2ccccc2-n2ccnc2)C2(CCCCC2)O1. The van der Waals surface area contributed by atoms with Crippen LogP contribution in [-0.2, 0) is 20.9 Å². The number of nitrogens with one attached hydrogen (secondary N) is 1. The molecule has 2 aromatic rings. The van der Waals surface area contributed by atoms with Gasteiger partial charge in [-0.3, -0.25) is 9.59 Å². The molecule has 1 saturated carbocycles. The Balaban J connectivity index is 1.48. The van der Waals surface area contributed by atoms with Crippen LogP contribution < -0.4 is 5.32 Å². The van der Waals surface area contributed by atoms with E-state index in [0.29, 0.717) is 6.54 Å². The van der Waals surface area contributed by atoms with E-state index in [0.717, 1.165) is 43.4 Å². The molecule has 1 aliphatic heterocycles. The summed E-state index contributed by atoms with van der Waals surface area (Å²) < 4.78 is 7.57. The van der Waals surface area contributed by atoms with Gasteiger partial charge in [0.1, 0.15) is 5.60 Å². The summed E-state index contributed by atoms with van der Waals surface area (Å²) >= 11 is 0. The van der Waals surface area contributed by atoms with Crippen molar-refractivity contribution < 1.29 is 14.3 Å². The first kappa shape index (κ1) is 16.8. The standard InChI is InChI=1S/C20H23N3O3/c24-18-12-16(20(26-18)8-4-1-5-9-20)19(25)22-13-15-6-2-3-7-17(15)23-11-10-21-14-23/h2-3,6-7,10-11,14,16H,1,4-5,8-9,12-13H2,(H,22,25). The number of para-hydroxylation sites is 1. The van der Waals surface area contributed by atoms with Crippen molar-refractivity contribution in [2.75, 3.05) is 0 Å². The van der Waals surface area contributed by atoms with Crippen LogP contribution in [0, 0.1) is 5.92 Å². The van der Waals surface area contributed by atoms with Gasteiger partial charge < -0.3 is 14.6 Å². The number of nitrogens with zero attached hydrogens (tertiary/aromatic N) is 2. The summed E-state index contributed by atoms with van der Waals surface area (Å²) in [6.45, 7) is 0.411. The maximum absolute atomic E-state index is 12.9. The molecule has 1 aromatic carbocycles. The lowest BCUT2D eigenvalue weighted by atomic mass is 9.75. The molecule has 0 radical (unpaired) electrons. The van der Waals surface area contributed by atoms with E-state index in [4.69, 9.17) is 4.74 Å². The van der Waals surface area contributed by atoms with E-state index in [9.17, 15) is 9.59 Å². The van der Waals surface area contributed by atoms with E-state index in [1.807, 2.05) is 35.0 Å². The zero-order valence-corrected chi connectivity index (χ0v) is 14.7. The second kappa shape index (κ2) is 6.94. The highest BCUT2D eigenvalue weighted by Crippen LogP contribution is 2.44. The maximum atomic E-state index is 12.9. The Hall–Kier alpha value is -2.63. The third-order valence-corrected chi connectivity index (χ3v) is 5.57. The normalized spacial score (nSPS) is 21.5. The van der Waals surface area contributed by atoms with Gasteiger partial charge in [-0.05, 0) is 37.3 Å². The molecule has 2 heterocycles. The van der Waals surface area contributed by atoms with E-state index in [-0.39, 0.29) is 24.2 Å². The molecule has 1 aromatic heterocycles. The van der Waals surface area contributed by atoms with Gasteiger partial charge in [0.25, 0.3) is 0 Å². The highest BCUT2D eigenvalue weighted by Gasteiger charge is 2.52. The van der Waals surface area contributed by atoms with Gasteiger partial charge >= 0.3 is 5.97 Å². The minimum atomic E-state index is -0.580. The number of hydrogen-bond donors (Lipinski definition) is 1. The van der Waals surface area contributed by atoms with Crippen molar-refractivity contribution >= 4 is 11.9 Å². The number of carbonyl (C=O) groups excluding carboxylic acids is 2. The van der Waals surface area contributed by atoms with Crippen molar-refractivity contribution in [2.45, 2.75) is 50.7 Å². The molecule has 0 bridgehead atoms. The molecule has 2 aliphatic rings. The second-order valence-electron chi connectivity index (χ2n) is 7.17. The molecule has 1 atom stereocenters. The molecule has 1 N–H and O–H groups in total. The molecule has 1 unspecified atom stereocenters. The molecule has 136 valence electrons. The highest BCUT2D eigenvalue weighted by atomic mass is 16.6. The Bertz CT molecular complexity index is 794. The monoisotopic (exact) mass is 353 g/mol. The molecule has 1 aliphatic carbocycles. The molecule has 4 rings (SSSR count). The summed E-state index contributed by atoms with van der Waals surface area (Å²) in [5.41, 5.74) is 1.40. The molecule has 1 amide bonds. The maximum Gasteiger partial charge on any atom is 0.307 e. The number of benzene rings is 1. The van der Waals surface area contributed by atoms with E-state index in [1.54, 1.807) is 12.5 Å². The molecule has 6 nitrogen and oxygen atoms in total. The van der Waals surface area contributed by atoms with Crippen molar-refractivity contribution in [2.24, 2.45) is 5.92 Å². The number of rotatable bonds is 4. The average molecular weight is 353 g/mol. The Morgan fingerprint density at radius 2 is 2.08 bits per heavy atom. The summed E-state index contributed by atoms with van der Waals surface area (Å²) in [7, 11) is 0. The summed E-state index contributed by atoms with van der Waals surface area (Å²) in [5.74, 6) is -0.709. The smallest absolute Gasteiger partial charge is 0.307 e. The average Bonchev–Trinajstić information content (AvgIpc) is 3.29. The van der Waals surface area contributed by atoms with Crippen molar-refractivity contribution in [1.29, 1.82) is 0 Å². The van der Waals surface area contributed by atoms with E-state index in [2.05, 4.69) is 10.3 Å². The molecular formula is C20H23N3O3. The van der Waals surface area contributed by atoms with Crippen LogP contribution in [0.25, 0.3) is 5.69 Å². The van der Waals surface area contributed by atoms with Gasteiger partial charge in [-0.1, -0.05) is 24.6 Å². The lowest BCUT2D eigenvalue weighted by Crippen LogP contribution is -2.45. The Kier molecular flexibility index (Phi) is 4.49. The Labute approximate surface area is 152 Å². The predicted octanol–water partition coefficient (Wildman–Crippen LogP) is 2.75. The van der Waals surface area contributed by atoms with Crippen LogP contribution in [0.15, 0.2) is 43.0 Å². The summed E-state index contributed by atoms with van der Waals surface area (Å²) in [6, 6.07) is 7.89. The molecule has 26 heavy (non-hydrogen) atoms. The quantitative estimate of drug-likeness (QED) is 0.858. The van der Waals surface area contributed by atoms with E-state index >= 15 is 0 Å². The first-order valence-corrected chi connectivity index (χ1v) is 9.24. The third-order valence-electron chi connectivity index (χ3n) is 5.57. The Morgan fingerprint density at radius 1 is 1.27 bits per heavy atom. The fourth-order valence-corrected chi connectivity index (χ4v) is 4.24. The number of carbonyl (C=O) groups is 2. The van der Waals surface area contributed by atoms with Crippen LogP contribution in [0.3, 0.4) is 0 Å². The first-order valence-electron chi connectivity index (χ1n) is 9.24. The van der Waals surface area contributed by atoms with Crippen LogP contribution in [0.5, 0.6) is 0 Å². The molecule has 1 spiro atoms. The fourth-order valence-electron chi connectivity index (χ4n) is 4.24. The summed E-state index contributed by atoms with van der Waals surface area (Å²) in [5, 5.41) is 3.03. The molecule has 2 fully saturated rings. The van der Waals surface area contributed by atoms with Gasteiger partial charge in [0.15, 0.2) is 0 Å². The second-order valence-corrected chi connectivity index (χ2v) is 7.17. The minimum absolute atomic E-state index is 0.0850. The number of ether oxygens (including phenoxy) is 1. The van der Waals surface area contributed by atoms with Crippen molar-refractivity contribution in [3.63, 3.8) is 0 Å². The van der Waals surface area contributed by atoms with Crippen LogP contribution >= 0.6 is 0 Å². The van der Waals surface area contributed by atoms with Crippen molar-refractivity contribution in [3.8, 4) is 5.69 Å². The van der Waals surface area contributed by atoms with Crippen LogP contribution in [0.2, 0.25) is 0 Å². The number of aromatic nitrogens is 2. The van der Waals surface area contributed by atoms with Crippen molar-refractivity contribution in [3.05, 3.63) is 48.5 Å². The lowest BCUT2D eigenvalue weighted by Gasteiger charge is -2.36. The topological polar surface area (TPSA) is 73.2 Å². The lowest BCUT2D eigenvalue weighted by molar-refractivity contribution is -0.153. The molecular weight excluding hydrogens is 330 g/mol. The number of hydrogen-bond acceptors (Lipinski definition) is 4. The fraction of sp³-hybridized carbons (Fsp3) is 0.450. The van der Waals surface area contributed by atoms with E-state index in [1.165, 1.54) is 0 Å². The summed E-state index contributed by atoms with van der Waals surface area (Å²) in [6.07, 6.45) is 10.3. The molecule has 1 saturated heterocycles. The van der Waals surface area contributed by atoms with Crippen LogP contribution in [-0.4, -0.2) is 27.0 Å². The Morgan fingerprint density at radius 3 is 2.85 bits per heavy atom. The largest absolute Gasteiger partial charge is 0.458 e. The van der Waals surface area contributed by atoms with Crippen LogP contribution in [0.1, 0.15) is 44.1 Å². The van der Waals surface area contributed by atoms with Gasteiger partial charge in [0, 0.05) is 18.9 Å². The molecule has 6 heteroatoms. The first-order chi connectivity index (χ1) is 12.7. The predicted molar refractivity (Wildman–Crippen MR) is 95.4 cm³/mol. The van der Waals surface area contributed by atoms with Gasteiger partial charge in [-0.2, -0.15) is 0 Å². The van der Waals surface area contributed by atoms with Gasteiger partial charge in [0.2, 0.25) is 5.91 Å². The zero-order chi connectivity index (χ0) is 18.0. The number of imidazole rings is 1. The van der Waals surface area contributed by atoms with E-state index < -0.39 is 5.60 Å². The zero-order valence-electron chi connectivity index (χ0n) is 14.7. The van der Waals surface area contributed by atoms with Gasteiger partial charge in [-0.15, -0.1) is 0 Å². The highest BCUT2D eigenvalue weighted by molar-refractivity contribution is 5.87. The van der Waals surface area contributed by atoms with Crippen LogP contribution in [0.4, 0.5) is 0 Å².